The number of halogens is 2. The van der Waals surface area contributed by atoms with Gasteiger partial charge in [-0.3, -0.25) is 9.59 Å². The van der Waals surface area contributed by atoms with Crippen molar-refractivity contribution in [1.82, 2.24) is 15.2 Å². The fourth-order valence-corrected chi connectivity index (χ4v) is 2.33. The minimum atomic E-state index is -0.654. The van der Waals surface area contributed by atoms with Crippen LogP contribution in [-0.2, 0) is 9.53 Å². The van der Waals surface area contributed by atoms with Crippen molar-refractivity contribution in [3.8, 4) is 0 Å². The van der Waals surface area contributed by atoms with Gasteiger partial charge in [0.2, 0.25) is 5.91 Å². The van der Waals surface area contributed by atoms with Crippen LogP contribution in [0.1, 0.15) is 17.3 Å². The van der Waals surface area contributed by atoms with Crippen molar-refractivity contribution in [2.45, 2.75) is 13.0 Å². The molecule has 0 aliphatic carbocycles. The van der Waals surface area contributed by atoms with Crippen LogP contribution in [0.25, 0.3) is 0 Å². The number of aromatic nitrogens is 1. The summed E-state index contributed by atoms with van der Waals surface area (Å²) in [6.07, 6.45) is 1.30. The van der Waals surface area contributed by atoms with Gasteiger partial charge in [-0.05, 0) is 13.0 Å². The van der Waals surface area contributed by atoms with Crippen LogP contribution in [0.4, 0.5) is 0 Å². The lowest BCUT2D eigenvalue weighted by atomic mass is 10.2. The van der Waals surface area contributed by atoms with E-state index in [4.69, 9.17) is 27.9 Å². The second-order valence-corrected chi connectivity index (χ2v) is 5.41. The van der Waals surface area contributed by atoms with Gasteiger partial charge in [-0.2, -0.15) is 0 Å². The molecule has 0 saturated carbocycles. The SMILES string of the molecule is CC(NC(=O)c1cc(Cl)ncc1Cl)C(=O)N1CCOCC1. The van der Waals surface area contributed by atoms with E-state index in [0.717, 1.165) is 0 Å². The number of nitrogens with zero attached hydrogens (tertiary/aromatic N) is 2. The molecule has 1 atom stereocenters. The molecule has 1 aliphatic rings. The van der Waals surface area contributed by atoms with Crippen LogP contribution < -0.4 is 5.32 Å². The Bertz CT molecular complexity index is 547. The van der Waals surface area contributed by atoms with E-state index in [1.54, 1.807) is 11.8 Å². The van der Waals surface area contributed by atoms with Crippen molar-refractivity contribution in [3.63, 3.8) is 0 Å². The zero-order valence-electron chi connectivity index (χ0n) is 11.4. The van der Waals surface area contributed by atoms with Crippen molar-refractivity contribution in [2.75, 3.05) is 26.3 Å². The Labute approximate surface area is 132 Å². The highest BCUT2D eigenvalue weighted by Gasteiger charge is 2.24. The van der Waals surface area contributed by atoms with E-state index in [0.29, 0.717) is 26.3 Å². The number of nitrogens with one attached hydrogen (secondary N) is 1. The highest BCUT2D eigenvalue weighted by molar-refractivity contribution is 6.35. The Kier molecular flexibility index (Phi) is 5.39. The van der Waals surface area contributed by atoms with Crippen molar-refractivity contribution in [1.29, 1.82) is 0 Å². The minimum absolute atomic E-state index is 0.150. The number of amides is 2. The monoisotopic (exact) mass is 331 g/mol. The van der Waals surface area contributed by atoms with Crippen molar-refractivity contribution >= 4 is 35.0 Å². The Morgan fingerprint density at radius 2 is 2.05 bits per heavy atom. The molecule has 1 N–H and O–H groups in total. The lowest BCUT2D eigenvalue weighted by molar-refractivity contribution is -0.136. The fraction of sp³-hybridized carbons (Fsp3) is 0.462. The third-order valence-corrected chi connectivity index (χ3v) is 3.62. The standard InChI is InChI=1S/C13H15Cl2N3O3/c1-8(13(20)18-2-4-21-5-3-18)17-12(19)9-6-11(15)16-7-10(9)14/h6-8H,2-5H2,1H3,(H,17,19). The summed E-state index contributed by atoms with van der Waals surface area (Å²) in [6.45, 7) is 3.71. The smallest absolute Gasteiger partial charge is 0.253 e. The number of ether oxygens (including phenoxy) is 1. The molecule has 8 heteroatoms. The normalized spacial score (nSPS) is 16.4. The van der Waals surface area contributed by atoms with Gasteiger partial charge in [0.1, 0.15) is 11.2 Å². The first kappa shape index (κ1) is 16.0. The maximum Gasteiger partial charge on any atom is 0.253 e. The first-order valence-electron chi connectivity index (χ1n) is 6.47. The summed E-state index contributed by atoms with van der Waals surface area (Å²) in [7, 11) is 0. The highest BCUT2D eigenvalue weighted by Crippen LogP contribution is 2.18. The number of morpholine rings is 1. The zero-order chi connectivity index (χ0) is 15.4. The minimum Gasteiger partial charge on any atom is -0.378 e. The average Bonchev–Trinajstić information content (AvgIpc) is 2.49. The second-order valence-electron chi connectivity index (χ2n) is 4.62. The zero-order valence-corrected chi connectivity index (χ0v) is 12.9. The third kappa shape index (κ3) is 4.06. The summed E-state index contributed by atoms with van der Waals surface area (Å²) in [5, 5.41) is 2.97. The Morgan fingerprint density at radius 3 is 2.71 bits per heavy atom. The summed E-state index contributed by atoms with van der Waals surface area (Å²) in [5.74, 6) is -0.610. The molecule has 1 fully saturated rings. The van der Waals surface area contributed by atoms with Gasteiger partial charge in [0, 0.05) is 19.3 Å². The molecule has 0 spiro atoms. The number of rotatable bonds is 3. The van der Waals surface area contributed by atoms with Gasteiger partial charge in [0.15, 0.2) is 0 Å². The molecule has 1 aromatic heterocycles. The first-order chi connectivity index (χ1) is 9.99. The molecule has 0 radical (unpaired) electrons. The number of hydrogen-bond donors (Lipinski definition) is 1. The van der Waals surface area contributed by atoms with Gasteiger partial charge in [0.25, 0.3) is 5.91 Å². The van der Waals surface area contributed by atoms with E-state index in [2.05, 4.69) is 10.3 Å². The Hall–Kier alpha value is -1.37. The maximum atomic E-state index is 12.2. The first-order valence-corrected chi connectivity index (χ1v) is 7.23. The van der Waals surface area contributed by atoms with E-state index in [-0.39, 0.29) is 21.6 Å². The molecule has 21 heavy (non-hydrogen) atoms. The molecule has 2 heterocycles. The molecule has 0 aromatic carbocycles. The van der Waals surface area contributed by atoms with E-state index in [1.165, 1.54) is 12.3 Å². The molecule has 2 rings (SSSR count). The molecule has 1 saturated heterocycles. The second kappa shape index (κ2) is 7.06. The molecule has 2 amide bonds. The molecular weight excluding hydrogens is 317 g/mol. The Balaban J connectivity index is 2.01. The molecule has 0 bridgehead atoms. The van der Waals surface area contributed by atoms with E-state index >= 15 is 0 Å². The number of pyridine rings is 1. The third-order valence-electron chi connectivity index (χ3n) is 3.11. The van der Waals surface area contributed by atoms with Crippen LogP contribution in [0.15, 0.2) is 12.3 Å². The predicted molar refractivity (Wildman–Crippen MR) is 78.6 cm³/mol. The molecule has 6 nitrogen and oxygen atoms in total. The van der Waals surface area contributed by atoms with Gasteiger partial charge in [-0.25, -0.2) is 4.98 Å². The number of carbonyl (C=O) groups excluding carboxylic acids is 2. The molecule has 114 valence electrons. The van der Waals surface area contributed by atoms with Crippen LogP contribution in [-0.4, -0.2) is 54.0 Å². The summed E-state index contributed by atoms with van der Waals surface area (Å²) in [6, 6.07) is 0.712. The van der Waals surface area contributed by atoms with Crippen LogP contribution >= 0.6 is 23.2 Å². The Morgan fingerprint density at radius 1 is 1.38 bits per heavy atom. The lowest BCUT2D eigenvalue weighted by Crippen LogP contribution is -2.50. The van der Waals surface area contributed by atoms with Crippen LogP contribution in [0.3, 0.4) is 0 Å². The molecule has 1 aliphatic heterocycles. The van der Waals surface area contributed by atoms with Gasteiger partial charge in [-0.1, -0.05) is 23.2 Å². The van der Waals surface area contributed by atoms with E-state index in [1.807, 2.05) is 0 Å². The quantitative estimate of drug-likeness (QED) is 0.849. The summed E-state index contributed by atoms with van der Waals surface area (Å²) < 4.78 is 5.19. The van der Waals surface area contributed by atoms with E-state index < -0.39 is 11.9 Å². The van der Waals surface area contributed by atoms with Crippen LogP contribution in [0, 0.1) is 0 Å². The fourth-order valence-electron chi connectivity index (χ4n) is 1.98. The van der Waals surface area contributed by atoms with Crippen molar-refractivity contribution < 1.29 is 14.3 Å². The average molecular weight is 332 g/mol. The summed E-state index contributed by atoms with van der Waals surface area (Å²) >= 11 is 11.7. The van der Waals surface area contributed by atoms with Crippen molar-refractivity contribution in [3.05, 3.63) is 28.0 Å². The maximum absolute atomic E-state index is 12.2. The largest absolute Gasteiger partial charge is 0.378 e. The number of hydrogen-bond acceptors (Lipinski definition) is 4. The van der Waals surface area contributed by atoms with Gasteiger partial charge in [-0.15, -0.1) is 0 Å². The van der Waals surface area contributed by atoms with Crippen molar-refractivity contribution in [2.24, 2.45) is 0 Å². The molecule has 1 unspecified atom stereocenters. The number of carbonyl (C=O) groups is 2. The van der Waals surface area contributed by atoms with Gasteiger partial charge >= 0.3 is 0 Å². The lowest BCUT2D eigenvalue weighted by Gasteiger charge is -2.29. The van der Waals surface area contributed by atoms with Crippen LogP contribution in [0.5, 0.6) is 0 Å². The predicted octanol–water partition coefficient (Wildman–Crippen LogP) is 1.37. The molecule has 1 aromatic rings. The summed E-state index contributed by atoms with van der Waals surface area (Å²) in [4.78, 5) is 29.8. The highest BCUT2D eigenvalue weighted by atomic mass is 35.5. The topological polar surface area (TPSA) is 71.5 Å². The van der Waals surface area contributed by atoms with Gasteiger partial charge < -0.3 is 15.0 Å². The van der Waals surface area contributed by atoms with E-state index in [9.17, 15) is 9.59 Å². The summed E-state index contributed by atoms with van der Waals surface area (Å²) in [5.41, 5.74) is 0.193. The van der Waals surface area contributed by atoms with Crippen LogP contribution in [0.2, 0.25) is 10.2 Å². The van der Waals surface area contributed by atoms with Gasteiger partial charge in [0.05, 0.1) is 23.8 Å². The molecular formula is C13H15Cl2N3O3.